The van der Waals surface area contributed by atoms with E-state index in [0.717, 1.165) is 24.1 Å². The van der Waals surface area contributed by atoms with Crippen LogP contribution in [0.15, 0.2) is 18.2 Å². The minimum atomic E-state index is 0.0633. The Kier molecular flexibility index (Phi) is 5.03. The van der Waals surface area contributed by atoms with Crippen LogP contribution in [0.25, 0.3) is 0 Å². The third-order valence-electron chi connectivity index (χ3n) is 3.99. The van der Waals surface area contributed by atoms with Gasteiger partial charge in [-0.15, -0.1) is 0 Å². The summed E-state index contributed by atoms with van der Waals surface area (Å²) in [7, 11) is 0. The molecule has 3 heteroatoms. The average Bonchev–Trinajstić information content (AvgIpc) is 2.79. The standard InChI is InChI=1S/C18H23NO2/c1-13-10-15(3)19(12-13)18(21)17-8-7-14(2)16(11-17)6-4-5-9-20/h7-8,11,13,15,20H,5,9-10,12H2,1-3H3. The summed E-state index contributed by atoms with van der Waals surface area (Å²) in [5, 5.41) is 8.79. The number of aryl methyl sites for hydroxylation is 1. The van der Waals surface area contributed by atoms with Crippen molar-refractivity contribution in [3.63, 3.8) is 0 Å². The summed E-state index contributed by atoms with van der Waals surface area (Å²) in [5.41, 5.74) is 2.63. The first-order chi connectivity index (χ1) is 10.0. The molecule has 112 valence electrons. The maximum Gasteiger partial charge on any atom is 0.254 e. The van der Waals surface area contributed by atoms with Crippen LogP contribution in [0.1, 0.15) is 48.2 Å². The van der Waals surface area contributed by atoms with Gasteiger partial charge in [0.05, 0.1) is 6.61 Å². The van der Waals surface area contributed by atoms with E-state index in [1.807, 2.05) is 30.0 Å². The van der Waals surface area contributed by atoms with Crippen LogP contribution in [0, 0.1) is 24.7 Å². The summed E-state index contributed by atoms with van der Waals surface area (Å²) in [6.07, 6.45) is 1.53. The Morgan fingerprint density at radius 2 is 2.19 bits per heavy atom. The molecule has 1 aromatic carbocycles. The van der Waals surface area contributed by atoms with Crippen LogP contribution < -0.4 is 0 Å². The smallest absolute Gasteiger partial charge is 0.254 e. The quantitative estimate of drug-likeness (QED) is 0.849. The van der Waals surface area contributed by atoms with E-state index in [-0.39, 0.29) is 12.5 Å². The van der Waals surface area contributed by atoms with Crippen molar-refractivity contribution in [1.82, 2.24) is 4.90 Å². The van der Waals surface area contributed by atoms with E-state index in [1.54, 1.807) is 0 Å². The molecule has 2 rings (SSSR count). The van der Waals surface area contributed by atoms with E-state index in [2.05, 4.69) is 25.7 Å². The number of aliphatic hydroxyl groups excluding tert-OH is 1. The average molecular weight is 285 g/mol. The van der Waals surface area contributed by atoms with Crippen molar-refractivity contribution in [2.45, 2.75) is 39.7 Å². The molecule has 1 amide bonds. The van der Waals surface area contributed by atoms with Crippen molar-refractivity contribution >= 4 is 5.91 Å². The normalized spacial score (nSPS) is 21.0. The van der Waals surface area contributed by atoms with Crippen molar-refractivity contribution in [3.8, 4) is 11.8 Å². The minimum Gasteiger partial charge on any atom is -0.395 e. The van der Waals surface area contributed by atoms with Crippen molar-refractivity contribution in [2.75, 3.05) is 13.2 Å². The van der Waals surface area contributed by atoms with E-state index >= 15 is 0 Å². The molecule has 1 fully saturated rings. The maximum atomic E-state index is 12.6. The molecule has 2 atom stereocenters. The zero-order valence-corrected chi connectivity index (χ0v) is 13.0. The van der Waals surface area contributed by atoms with Gasteiger partial charge >= 0.3 is 0 Å². The lowest BCUT2D eigenvalue weighted by Crippen LogP contribution is -2.34. The minimum absolute atomic E-state index is 0.0633. The Balaban J connectivity index is 2.23. The van der Waals surface area contributed by atoms with Crippen molar-refractivity contribution in [3.05, 3.63) is 34.9 Å². The SMILES string of the molecule is Cc1ccc(C(=O)N2CC(C)CC2C)cc1C#CCCO. The lowest BCUT2D eigenvalue weighted by molar-refractivity contribution is 0.0743. The molecule has 1 aliphatic rings. The molecule has 0 bridgehead atoms. The number of benzene rings is 1. The van der Waals surface area contributed by atoms with E-state index < -0.39 is 0 Å². The van der Waals surface area contributed by atoms with Crippen LogP contribution in [-0.2, 0) is 0 Å². The van der Waals surface area contributed by atoms with Gasteiger partial charge in [-0.05, 0) is 43.9 Å². The second kappa shape index (κ2) is 6.78. The van der Waals surface area contributed by atoms with Crippen LogP contribution in [-0.4, -0.2) is 35.1 Å². The van der Waals surface area contributed by atoms with Crippen LogP contribution in [0.4, 0.5) is 0 Å². The predicted molar refractivity (Wildman–Crippen MR) is 84.0 cm³/mol. The van der Waals surface area contributed by atoms with Gasteiger partial charge in [0.2, 0.25) is 0 Å². The van der Waals surface area contributed by atoms with Crippen molar-refractivity contribution in [1.29, 1.82) is 0 Å². The van der Waals surface area contributed by atoms with Gasteiger partial charge in [0.15, 0.2) is 0 Å². The second-order valence-electron chi connectivity index (χ2n) is 5.95. The third-order valence-corrected chi connectivity index (χ3v) is 3.99. The van der Waals surface area contributed by atoms with Gasteiger partial charge in [0.1, 0.15) is 0 Å². The molecule has 0 aliphatic carbocycles. The Morgan fingerprint density at radius 1 is 1.43 bits per heavy atom. The number of amides is 1. The molecule has 0 aromatic heterocycles. The third kappa shape index (κ3) is 3.65. The molecule has 1 N–H and O–H groups in total. The van der Waals surface area contributed by atoms with Gasteiger partial charge in [-0.1, -0.05) is 24.8 Å². The number of rotatable bonds is 2. The van der Waals surface area contributed by atoms with Crippen LogP contribution in [0.2, 0.25) is 0 Å². The summed E-state index contributed by atoms with van der Waals surface area (Å²) in [6.45, 7) is 7.17. The first-order valence-corrected chi connectivity index (χ1v) is 7.54. The molecule has 1 aliphatic heterocycles. The van der Waals surface area contributed by atoms with Gasteiger partial charge in [-0.25, -0.2) is 0 Å². The van der Waals surface area contributed by atoms with Crippen LogP contribution in [0.3, 0.4) is 0 Å². The van der Waals surface area contributed by atoms with Gasteiger partial charge in [0.25, 0.3) is 5.91 Å². The summed E-state index contributed by atoms with van der Waals surface area (Å²) in [6, 6.07) is 6.00. The molecular weight excluding hydrogens is 262 g/mol. The number of hydrogen-bond acceptors (Lipinski definition) is 2. The Bertz CT molecular complexity index is 583. The Labute approximate surface area is 127 Å². The second-order valence-corrected chi connectivity index (χ2v) is 5.95. The van der Waals surface area contributed by atoms with Gasteiger partial charge in [-0.2, -0.15) is 0 Å². The highest BCUT2D eigenvalue weighted by Gasteiger charge is 2.30. The molecule has 0 radical (unpaired) electrons. The zero-order valence-electron chi connectivity index (χ0n) is 13.0. The number of carbonyl (C=O) groups excluding carboxylic acids is 1. The van der Waals surface area contributed by atoms with E-state index in [1.165, 1.54) is 0 Å². The molecule has 0 saturated carbocycles. The number of nitrogens with zero attached hydrogens (tertiary/aromatic N) is 1. The van der Waals surface area contributed by atoms with Gasteiger partial charge < -0.3 is 10.0 Å². The number of carbonyl (C=O) groups is 1. The molecule has 2 unspecified atom stereocenters. The molecule has 3 nitrogen and oxygen atoms in total. The predicted octanol–water partition coefficient (Wildman–Crippen LogP) is 2.60. The highest BCUT2D eigenvalue weighted by atomic mass is 16.2. The molecule has 0 spiro atoms. The molecule has 21 heavy (non-hydrogen) atoms. The molecule has 1 aromatic rings. The first kappa shape index (κ1) is 15.6. The van der Waals surface area contributed by atoms with Crippen LogP contribution in [0.5, 0.6) is 0 Å². The highest BCUT2D eigenvalue weighted by Crippen LogP contribution is 2.24. The van der Waals surface area contributed by atoms with Crippen LogP contribution >= 0.6 is 0 Å². The zero-order chi connectivity index (χ0) is 15.4. The lowest BCUT2D eigenvalue weighted by Gasteiger charge is -2.21. The van der Waals surface area contributed by atoms with Gasteiger partial charge in [-0.3, -0.25) is 4.79 Å². The largest absolute Gasteiger partial charge is 0.395 e. The fourth-order valence-corrected chi connectivity index (χ4v) is 2.85. The molecule has 1 heterocycles. The summed E-state index contributed by atoms with van der Waals surface area (Å²) in [5.74, 6) is 6.62. The van der Waals surface area contributed by atoms with E-state index in [0.29, 0.717) is 23.9 Å². The molecular formula is C18H23NO2. The Morgan fingerprint density at radius 3 is 2.81 bits per heavy atom. The van der Waals surface area contributed by atoms with Crippen molar-refractivity contribution in [2.24, 2.45) is 5.92 Å². The molecule has 1 saturated heterocycles. The Hall–Kier alpha value is -1.79. The fraction of sp³-hybridized carbons (Fsp3) is 0.500. The van der Waals surface area contributed by atoms with Crippen molar-refractivity contribution < 1.29 is 9.90 Å². The summed E-state index contributed by atoms with van der Waals surface area (Å²) in [4.78, 5) is 14.6. The maximum absolute atomic E-state index is 12.6. The summed E-state index contributed by atoms with van der Waals surface area (Å²) < 4.78 is 0. The fourth-order valence-electron chi connectivity index (χ4n) is 2.85. The van der Waals surface area contributed by atoms with E-state index in [9.17, 15) is 4.79 Å². The lowest BCUT2D eigenvalue weighted by atomic mass is 10.0. The van der Waals surface area contributed by atoms with E-state index in [4.69, 9.17) is 5.11 Å². The monoisotopic (exact) mass is 285 g/mol. The first-order valence-electron chi connectivity index (χ1n) is 7.54. The summed E-state index contributed by atoms with van der Waals surface area (Å²) >= 11 is 0. The highest BCUT2D eigenvalue weighted by molar-refractivity contribution is 5.95. The van der Waals surface area contributed by atoms with Gasteiger partial charge in [0, 0.05) is 30.1 Å². The number of likely N-dealkylation sites (tertiary alicyclic amines) is 1. The number of hydrogen-bond donors (Lipinski definition) is 1. The number of aliphatic hydroxyl groups is 1. The topological polar surface area (TPSA) is 40.5 Å².